The van der Waals surface area contributed by atoms with Crippen LogP contribution in [0.3, 0.4) is 0 Å². The largest absolute Gasteiger partial charge is 0.334 e. The summed E-state index contributed by atoms with van der Waals surface area (Å²) in [6.45, 7) is 0. The first kappa shape index (κ1) is 9.51. The van der Waals surface area contributed by atoms with Gasteiger partial charge in [-0.1, -0.05) is 18.2 Å². The van der Waals surface area contributed by atoms with Crippen LogP contribution in [0.5, 0.6) is 0 Å². The fourth-order valence-electron chi connectivity index (χ4n) is 1.48. The molecule has 1 aromatic heterocycles. The molecule has 1 aliphatic carbocycles. The van der Waals surface area contributed by atoms with Crippen LogP contribution in [0.2, 0.25) is 0 Å². The Morgan fingerprint density at radius 3 is 2.71 bits per heavy atom. The lowest BCUT2D eigenvalue weighted by Gasteiger charge is -2.23. The van der Waals surface area contributed by atoms with E-state index in [1.165, 1.54) is 18.2 Å². The summed E-state index contributed by atoms with van der Waals surface area (Å²) in [5, 5.41) is 8.32. The van der Waals surface area contributed by atoms with Crippen molar-refractivity contribution >= 4 is 11.8 Å². The highest BCUT2D eigenvalue weighted by atomic mass is 32.2. The zero-order valence-electron chi connectivity index (χ0n) is 7.93. The zero-order chi connectivity index (χ0) is 10.1. The van der Waals surface area contributed by atoms with E-state index in [-0.39, 0.29) is 11.5 Å². The molecule has 2 rings (SSSR count). The Kier molecular flexibility index (Phi) is 2.45. The van der Waals surface area contributed by atoms with Gasteiger partial charge in [-0.3, -0.25) is 4.79 Å². The van der Waals surface area contributed by atoms with Gasteiger partial charge in [-0.2, -0.15) is 4.68 Å². The molecule has 1 aliphatic rings. The first-order valence-electron chi connectivity index (χ1n) is 4.52. The molecule has 0 aliphatic heterocycles. The molecule has 1 heterocycles. The van der Waals surface area contributed by atoms with Crippen molar-refractivity contribution < 1.29 is 0 Å². The summed E-state index contributed by atoms with van der Waals surface area (Å²) in [7, 11) is 0. The fraction of sp³-hybridized carbons (Fsp3) is 0.625. The van der Waals surface area contributed by atoms with Crippen molar-refractivity contribution in [3.63, 3.8) is 0 Å². The van der Waals surface area contributed by atoms with Crippen molar-refractivity contribution in [2.45, 2.75) is 30.3 Å². The fourth-order valence-corrected chi connectivity index (χ4v) is 1.88. The maximum atomic E-state index is 11.7. The third-order valence-corrected chi connectivity index (χ3v) is 3.21. The average Bonchev–Trinajstić information content (AvgIpc) is 2.10. The second-order valence-electron chi connectivity index (χ2n) is 3.37. The molecule has 0 unspecified atom stereocenters. The van der Waals surface area contributed by atoms with Gasteiger partial charge in [-0.25, -0.2) is 0 Å². The van der Waals surface area contributed by atoms with Crippen LogP contribution in [0.1, 0.15) is 30.9 Å². The Hall–Kier alpha value is -1.04. The van der Waals surface area contributed by atoms with Crippen LogP contribution < -0.4 is 11.4 Å². The molecule has 76 valence electrons. The summed E-state index contributed by atoms with van der Waals surface area (Å²) < 4.78 is 1.09. The van der Waals surface area contributed by atoms with Crippen molar-refractivity contribution in [1.82, 2.24) is 14.9 Å². The summed E-state index contributed by atoms with van der Waals surface area (Å²) in [6.07, 6.45) is 5.04. The number of aromatic nitrogens is 3. The summed E-state index contributed by atoms with van der Waals surface area (Å²) >= 11 is 1.32. The smallest absolute Gasteiger partial charge is 0.294 e. The Balaban J connectivity index is 2.43. The van der Waals surface area contributed by atoms with Gasteiger partial charge in [0.05, 0.1) is 0 Å². The molecule has 2 N–H and O–H groups in total. The van der Waals surface area contributed by atoms with E-state index >= 15 is 0 Å². The molecule has 0 atom stereocenters. The maximum absolute atomic E-state index is 11.7. The molecule has 0 saturated heterocycles. The van der Waals surface area contributed by atoms with Crippen LogP contribution >= 0.6 is 11.8 Å². The topological polar surface area (TPSA) is 73.8 Å². The molecule has 0 radical (unpaired) electrons. The SMILES string of the molecule is CSc1nnc(C2CCC2)c(=O)n1N. The summed E-state index contributed by atoms with van der Waals surface area (Å²) in [6, 6.07) is 0. The van der Waals surface area contributed by atoms with Crippen LogP contribution in [0.25, 0.3) is 0 Å². The predicted octanol–water partition coefficient (Wildman–Crippen LogP) is 0.342. The zero-order valence-corrected chi connectivity index (χ0v) is 8.75. The van der Waals surface area contributed by atoms with Crippen molar-refractivity contribution in [2.75, 3.05) is 12.1 Å². The maximum Gasteiger partial charge on any atom is 0.294 e. The minimum absolute atomic E-state index is 0.200. The van der Waals surface area contributed by atoms with Crippen LogP contribution in [-0.4, -0.2) is 21.1 Å². The number of nitrogen functional groups attached to an aromatic ring is 1. The molecule has 5 nitrogen and oxygen atoms in total. The molecule has 0 bridgehead atoms. The van der Waals surface area contributed by atoms with Crippen LogP contribution in [-0.2, 0) is 0 Å². The van der Waals surface area contributed by atoms with E-state index in [0.717, 1.165) is 17.5 Å². The van der Waals surface area contributed by atoms with E-state index in [9.17, 15) is 4.79 Å². The van der Waals surface area contributed by atoms with Gasteiger partial charge in [0.1, 0.15) is 5.69 Å². The molecule has 0 amide bonds. The second kappa shape index (κ2) is 3.61. The van der Waals surface area contributed by atoms with Gasteiger partial charge in [0.15, 0.2) is 0 Å². The summed E-state index contributed by atoms with van der Waals surface area (Å²) in [5.74, 6) is 5.87. The van der Waals surface area contributed by atoms with Crippen molar-refractivity contribution in [3.8, 4) is 0 Å². The van der Waals surface area contributed by atoms with Gasteiger partial charge in [0.25, 0.3) is 5.56 Å². The molecule has 1 saturated carbocycles. The predicted molar refractivity (Wildman–Crippen MR) is 54.8 cm³/mol. The molecule has 6 heteroatoms. The van der Waals surface area contributed by atoms with Crippen LogP contribution in [0.4, 0.5) is 0 Å². The van der Waals surface area contributed by atoms with E-state index < -0.39 is 0 Å². The quantitative estimate of drug-likeness (QED) is 0.565. The van der Waals surface area contributed by atoms with E-state index in [4.69, 9.17) is 5.84 Å². The van der Waals surface area contributed by atoms with Crippen LogP contribution in [0, 0.1) is 0 Å². The van der Waals surface area contributed by atoms with Gasteiger partial charge in [0, 0.05) is 5.92 Å². The molecule has 1 aromatic rings. The van der Waals surface area contributed by atoms with E-state index in [2.05, 4.69) is 10.2 Å². The van der Waals surface area contributed by atoms with E-state index in [1.807, 2.05) is 6.26 Å². The Morgan fingerprint density at radius 2 is 2.21 bits per heavy atom. The van der Waals surface area contributed by atoms with Gasteiger partial charge in [0.2, 0.25) is 5.16 Å². The van der Waals surface area contributed by atoms with Gasteiger partial charge in [-0.05, 0) is 19.1 Å². The van der Waals surface area contributed by atoms with Gasteiger partial charge >= 0.3 is 0 Å². The minimum Gasteiger partial charge on any atom is -0.334 e. The molecular formula is C8H12N4OS. The lowest BCUT2D eigenvalue weighted by Crippen LogP contribution is -2.35. The molecular weight excluding hydrogens is 200 g/mol. The number of nitrogens with zero attached hydrogens (tertiary/aromatic N) is 3. The molecule has 1 fully saturated rings. The Morgan fingerprint density at radius 1 is 1.50 bits per heavy atom. The van der Waals surface area contributed by atoms with E-state index in [1.54, 1.807) is 0 Å². The average molecular weight is 212 g/mol. The number of thioether (sulfide) groups is 1. The highest BCUT2D eigenvalue weighted by Gasteiger charge is 2.25. The number of hydrogen-bond donors (Lipinski definition) is 1. The summed E-state index contributed by atoms with van der Waals surface area (Å²) in [4.78, 5) is 11.7. The number of nitrogens with two attached hydrogens (primary N) is 1. The first-order valence-corrected chi connectivity index (χ1v) is 5.75. The molecule has 0 spiro atoms. The number of hydrogen-bond acceptors (Lipinski definition) is 5. The van der Waals surface area contributed by atoms with Crippen molar-refractivity contribution in [3.05, 3.63) is 16.0 Å². The van der Waals surface area contributed by atoms with Crippen LogP contribution in [0.15, 0.2) is 9.95 Å². The van der Waals surface area contributed by atoms with Gasteiger partial charge < -0.3 is 5.84 Å². The lowest BCUT2D eigenvalue weighted by molar-refractivity contribution is 0.397. The van der Waals surface area contributed by atoms with Crippen molar-refractivity contribution in [1.29, 1.82) is 0 Å². The third kappa shape index (κ3) is 1.39. The monoisotopic (exact) mass is 212 g/mol. The van der Waals surface area contributed by atoms with E-state index in [0.29, 0.717) is 10.9 Å². The Labute approximate surface area is 85.7 Å². The Bertz CT molecular complexity index is 399. The first-order chi connectivity index (χ1) is 6.74. The van der Waals surface area contributed by atoms with Crippen molar-refractivity contribution in [2.24, 2.45) is 0 Å². The normalized spacial score (nSPS) is 16.6. The third-order valence-electron chi connectivity index (χ3n) is 2.56. The molecule has 0 aromatic carbocycles. The highest BCUT2D eigenvalue weighted by Crippen LogP contribution is 2.33. The molecule has 14 heavy (non-hydrogen) atoms. The van der Waals surface area contributed by atoms with Gasteiger partial charge in [-0.15, -0.1) is 10.2 Å². The number of rotatable bonds is 2. The standard InChI is InChI=1S/C8H12N4OS/c1-14-8-11-10-6(5-3-2-4-5)7(13)12(8)9/h5H,2-4,9H2,1H3. The highest BCUT2D eigenvalue weighted by molar-refractivity contribution is 7.98. The lowest BCUT2D eigenvalue weighted by atomic mass is 9.83. The summed E-state index contributed by atoms with van der Waals surface area (Å²) in [5.41, 5.74) is 0.325. The second-order valence-corrected chi connectivity index (χ2v) is 4.15. The minimum atomic E-state index is -0.200.